The molecule has 0 aromatic carbocycles. The molecule has 1 amide bonds. The second kappa shape index (κ2) is 46.8. The number of hydrogen-bond acceptors (Lipinski definition) is 5. The summed E-state index contributed by atoms with van der Waals surface area (Å²) < 4.78 is 5.43. The molecule has 57 heavy (non-hydrogen) atoms. The minimum atomic E-state index is -0.866. The summed E-state index contributed by atoms with van der Waals surface area (Å²) in [5, 5.41) is 23.0. The predicted molar refractivity (Wildman–Crippen MR) is 246 cm³/mol. The van der Waals surface area contributed by atoms with Crippen molar-refractivity contribution in [3.63, 3.8) is 0 Å². The largest absolute Gasteiger partial charge is 0.466 e. The van der Waals surface area contributed by atoms with E-state index in [1.54, 1.807) is 6.08 Å². The zero-order valence-electron chi connectivity index (χ0n) is 37.8. The van der Waals surface area contributed by atoms with Crippen LogP contribution in [0.1, 0.15) is 251 Å². The third-order valence-corrected chi connectivity index (χ3v) is 11.1. The average molecular weight is 802 g/mol. The van der Waals surface area contributed by atoms with E-state index in [0.29, 0.717) is 19.4 Å². The molecule has 2 unspecified atom stereocenters. The number of rotatable bonds is 45. The fourth-order valence-electron chi connectivity index (χ4n) is 7.27. The maximum atomic E-state index is 12.4. The number of amides is 1. The first-order valence-corrected chi connectivity index (χ1v) is 24.8. The van der Waals surface area contributed by atoms with Crippen LogP contribution in [0.4, 0.5) is 0 Å². The van der Waals surface area contributed by atoms with Gasteiger partial charge in [0.1, 0.15) is 0 Å². The van der Waals surface area contributed by atoms with Gasteiger partial charge < -0.3 is 20.3 Å². The smallest absolute Gasteiger partial charge is 0.305 e. The van der Waals surface area contributed by atoms with E-state index in [4.69, 9.17) is 4.74 Å². The zero-order chi connectivity index (χ0) is 41.5. The summed E-state index contributed by atoms with van der Waals surface area (Å²) in [6.45, 7) is 4.79. The molecule has 0 saturated carbocycles. The zero-order valence-corrected chi connectivity index (χ0v) is 37.8. The van der Waals surface area contributed by atoms with Crippen molar-refractivity contribution in [1.29, 1.82) is 0 Å². The van der Waals surface area contributed by atoms with Gasteiger partial charge in [-0.25, -0.2) is 0 Å². The number of ether oxygens (including phenoxy) is 1. The van der Waals surface area contributed by atoms with Gasteiger partial charge in [0.15, 0.2) is 0 Å². The molecule has 0 rings (SSSR count). The molecule has 0 spiro atoms. The molecule has 0 saturated heterocycles. The quantitative estimate of drug-likeness (QED) is 0.0324. The van der Waals surface area contributed by atoms with Crippen LogP contribution in [0.3, 0.4) is 0 Å². The summed E-state index contributed by atoms with van der Waals surface area (Å²) in [5.74, 6) is -0.152. The number of aliphatic hydroxyl groups is 2. The van der Waals surface area contributed by atoms with E-state index in [-0.39, 0.29) is 18.5 Å². The summed E-state index contributed by atoms with van der Waals surface area (Å²) in [5.41, 5.74) is 0. The molecule has 0 aliphatic rings. The highest BCUT2D eigenvalue weighted by Crippen LogP contribution is 2.14. The molecule has 2 atom stereocenters. The fourth-order valence-corrected chi connectivity index (χ4v) is 7.27. The highest BCUT2D eigenvalue weighted by atomic mass is 16.5. The number of allylic oxidation sites excluding steroid dienone is 5. The normalized spacial score (nSPS) is 13.0. The number of aliphatic hydroxyl groups excluding tert-OH is 2. The Hall–Kier alpha value is -1.92. The molecule has 0 aliphatic heterocycles. The second-order valence-electron chi connectivity index (χ2n) is 16.8. The summed E-state index contributed by atoms with van der Waals surface area (Å²) in [4.78, 5) is 24.4. The topological polar surface area (TPSA) is 95.9 Å². The molecule has 0 aromatic heterocycles. The molecule has 0 heterocycles. The fraction of sp³-hybridized carbons (Fsp3) is 0.843. The standard InChI is InChI=1S/C51H95NO5/c1-3-5-7-9-11-13-15-17-19-20-22-24-29-33-37-41-45-51(56)57-46-42-38-34-30-26-25-28-32-36-40-44-50(55)52-48(47-53)49(54)43-39-35-31-27-23-21-18-16-14-12-10-8-6-4-2/h19-20,26,30,39,43,48-49,53-54H,3-18,21-25,27-29,31-38,40-42,44-47H2,1-2H3,(H,52,55)/b20-19-,30-26-,43-39+. The molecular weight excluding hydrogens is 707 g/mol. The molecule has 0 aromatic rings. The monoisotopic (exact) mass is 802 g/mol. The van der Waals surface area contributed by atoms with Crippen molar-refractivity contribution in [3.8, 4) is 0 Å². The van der Waals surface area contributed by atoms with Crippen molar-refractivity contribution < 1.29 is 24.5 Å². The van der Waals surface area contributed by atoms with Gasteiger partial charge in [-0.1, -0.05) is 192 Å². The van der Waals surface area contributed by atoms with Gasteiger partial charge >= 0.3 is 5.97 Å². The molecule has 6 heteroatoms. The van der Waals surface area contributed by atoms with Crippen LogP contribution in [-0.4, -0.2) is 47.4 Å². The lowest BCUT2D eigenvalue weighted by Gasteiger charge is -2.20. The van der Waals surface area contributed by atoms with Crippen molar-refractivity contribution in [2.45, 2.75) is 264 Å². The van der Waals surface area contributed by atoms with Gasteiger partial charge in [0, 0.05) is 12.8 Å². The Balaban J connectivity index is 3.57. The summed E-state index contributed by atoms with van der Waals surface area (Å²) in [6.07, 6.45) is 55.7. The Labute approximate surface area is 353 Å². The van der Waals surface area contributed by atoms with E-state index in [1.165, 1.54) is 148 Å². The van der Waals surface area contributed by atoms with Crippen molar-refractivity contribution >= 4 is 11.9 Å². The number of esters is 1. The van der Waals surface area contributed by atoms with Crippen LogP contribution >= 0.6 is 0 Å². The van der Waals surface area contributed by atoms with E-state index in [9.17, 15) is 19.8 Å². The third-order valence-electron chi connectivity index (χ3n) is 11.1. The van der Waals surface area contributed by atoms with E-state index in [1.807, 2.05) is 6.08 Å². The van der Waals surface area contributed by atoms with Gasteiger partial charge in [-0.05, 0) is 83.5 Å². The second-order valence-corrected chi connectivity index (χ2v) is 16.8. The highest BCUT2D eigenvalue weighted by molar-refractivity contribution is 5.76. The number of carbonyl (C=O) groups is 2. The van der Waals surface area contributed by atoms with E-state index in [2.05, 4.69) is 43.5 Å². The van der Waals surface area contributed by atoms with Gasteiger partial charge in [0.2, 0.25) is 5.91 Å². The van der Waals surface area contributed by atoms with E-state index < -0.39 is 12.1 Å². The van der Waals surface area contributed by atoms with Gasteiger partial charge in [0.05, 0.1) is 25.4 Å². The Morgan fingerprint density at radius 2 is 0.825 bits per heavy atom. The molecule has 0 aliphatic carbocycles. The number of carbonyl (C=O) groups excluding carboxylic acids is 2. The molecule has 3 N–H and O–H groups in total. The Kier molecular flexibility index (Phi) is 45.2. The Bertz CT molecular complexity index is 931. The molecule has 0 radical (unpaired) electrons. The van der Waals surface area contributed by atoms with Crippen LogP contribution in [-0.2, 0) is 14.3 Å². The summed E-state index contributed by atoms with van der Waals surface area (Å²) in [6, 6.07) is -0.653. The van der Waals surface area contributed by atoms with Gasteiger partial charge in [-0.15, -0.1) is 0 Å². The van der Waals surface area contributed by atoms with Crippen molar-refractivity contribution in [2.24, 2.45) is 0 Å². The maximum absolute atomic E-state index is 12.4. The van der Waals surface area contributed by atoms with Crippen LogP contribution in [0.5, 0.6) is 0 Å². The van der Waals surface area contributed by atoms with Crippen molar-refractivity contribution in [2.75, 3.05) is 13.2 Å². The maximum Gasteiger partial charge on any atom is 0.305 e. The van der Waals surface area contributed by atoms with Crippen LogP contribution in [0, 0.1) is 0 Å². The Morgan fingerprint density at radius 3 is 1.25 bits per heavy atom. The molecule has 6 nitrogen and oxygen atoms in total. The van der Waals surface area contributed by atoms with Gasteiger partial charge in [-0.2, -0.15) is 0 Å². The lowest BCUT2D eigenvalue weighted by molar-refractivity contribution is -0.143. The molecule has 0 fully saturated rings. The first-order chi connectivity index (χ1) is 28.0. The summed E-state index contributed by atoms with van der Waals surface area (Å²) in [7, 11) is 0. The van der Waals surface area contributed by atoms with Crippen LogP contribution in [0.25, 0.3) is 0 Å². The lowest BCUT2D eigenvalue weighted by atomic mass is 10.0. The first kappa shape index (κ1) is 55.1. The SMILES string of the molecule is CCCCCCCCC/C=C\CCCCCCCC(=O)OCCCC/C=C\CCCCCCC(=O)NC(CO)C(O)/C=C/CCCCCCCCCCCCCC. The first-order valence-electron chi connectivity index (χ1n) is 24.8. The van der Waals surface area contributed by atoms with Crippen LogP contribution < -0.4 is 5.32 Å². The lowest BCUT2D eigenvalue weighted by Crippen LogP contribution is -2.45. The average Bonchev–Trinajstić information content (AvgIpc) is 3.21. The van der Waals surface area contributed by atoms with Crippen LogP contribution in [0.2, 0.25) is 0 Å². The van der Waals surface area contributed by atoms with E-state index in [0.717, 1.165) is 77.0 Å². The van der Waals surface area contributed by atoms with Gasteiger partial charge in [-0.3, -0.25) is 9.59 Å². The minimum absolute atomic E-state index is 0.0466. The number of unbranched alkanes of at least 4 members (excludes halogenated alkanes) is 30. The van der Waals surface area contributed by atoms with Crippen molar-refractivity contribution in [1.82, 2.24) is 5.32 Å². The van der Waals surface area contributed by atoms with Crippen molar-refractivity contribution in [3.05, 3.63) is 36.5 Å². The highest BCUT2D eigenvalue weighted by Gasteiger charge is 2.18. The third kappa shape index (κ3) is 43.5. The number of nitrogens with one attached hydrogen (secondary N) is 1. The molecular formula is C51H95NO5. The van der Waals surface area contributed by atoms with Crippen LogP contribution in [0.15, 0.2) is 36.5 Å². The predicted octanol–water partition coefficient (Wildman–Crippen LogP) is 14.5. The number of hydrogen-bond donors (Lipinski definition) is 3. The molecule has 0 bridgehead atoms. The van der Waals surface area contributed by atoms with Gasteiger partial charge in [0.25, 0.3) is 0 Å². The Morgan fingerprint density at radius 1 is 0.474 bits per heavy atom. The minimum Gasteiger partial charge on any atom is -0.466 e. The molecule has 334 valence electrons. The van der Waals surface area contributed by atoms with E-state index >= 15 is 0 Å². The summed E-state index contributed by atoms with van der Waals surface area (Å²) >= 11 is 0.